The summed E-state index contributed by atoms with van der Waals surface area (Å²) in [6.07, 6.45) is 4.78. The van der Waals surface area contributed by atoms with E-state index in [0.717, 1.165) is 19.6 Å². The second-order valence-electron chi connectivity index (χ2n) is 5.85. The molecule has 0 aromatic carbocycles. The molecule has 2 atom stereocenters. The Bertz CT molecular complexity index is 171. The third kappa shape index (κ3) is 4.96. The van der Waals surface area contributed by atoms with Crippen LogP contribution in [0.1, 0.15) is 46.5 Å². The first-order valence-electron chi connectivity index (χ1n) is 6.07. The van der Waals surface area contributed by atoms with Crippen molar-refractivity contribution in [2.24, 2.45) is 17.2 Å². The summed E-state index contributed by atoms with van der Waals surface area (Å²) in [6.45, 7) is 8.62. The molecule has 0 saturated carbocycles. The van der Waals surface area contributed by atoms with Crippen molar-refractivity contribution in [3.63, 3.8) is 0 Å². The van der Waals surface area contributed by atoms with Crippen molar-refractivity contribution < 1.29 is 4.74 Å². The number of hydrogen-bond acceptors (Lipinski definition) is 3. The fourth-order valence-corrected chi connectivity index (χ4v) is 2.13. The van der Waals surface area contributed by atoms with Gasteiger partial charge in [-0.25, -0.2) is 0 Å². The topological polar surface area (TPSA) is 47.3 Å². The van der Waals surface area contributed by atoms with E-state index in [4.69, 9.17) is 10.6 Å². The zero-order valence-electron chi connectivity index (χ0n) is 10.4. The minimum absolute atomic E-state index is 0.393. The van der Waals surface area contributed by atoms with E-state index in [9.17, 15) is 0 Å². The van der Waals surface area contributed by atoms with Gasteiger partial charge in [0.1, 0.15) is 0 Å². The summed E-state index contributed by atoms with van der Waals surface area (Å²) in [4.78, 5) is 0. The van der Waals surface area contributed by atoms with E-state index in [1.165, 1.54) is 19.3 Å². The summed E-state index contributed by atoms with van der Waals surface area (Å²) in [7, 11) is 0. The summed E-state index contributed by atoms with van der Waals surface area (Å²) in [5, 5.41) is 0. The van der Waals surface area contributed by atoms with E-state index in [-0.39, 0.29) is 0 Å². The quantitative estimate of drug-likeness (QED) is 0.556. The molecule has 0 aliphatic carbocycles. The SMILES string of the molecule is CC(C)(C)CCC(NN)C1CCCOC1. The Labute approximate surface area is 93.7 Å². The van der Waals surface area contributed by atoms with Crippen LogP contribution in [0.2, 0.25) is 0 Å². The highest BCUT2D eigenvalue weighted by Crippen LogP contribution is 2.26. The van der Waals surface area contributed by atoms with Gasteiger partial charge in [-0.1, -0.05) is 20.8 Å². The van der Waals surface area contributed by atoms with Crippen molar-refractivity contribution in [3.05, 3.63) is 0 Å². The van der Waals surface area contributed by atoms with Crippen LogP contribution in [0.3, 0.4) is 0 Å². The van der Waals surface area contributed by atoms with E-state index in [1.54, 1.807) is 0 Å². The van der Waals surface area contributed by atoms with E-state index in [1.807, 2.05) is 0 Å². The molecule has 3 nitrogen and oxygen atoms in total. The first-order chi connectivity index (χ1) is 7.03. The van der Waals surface area contributed by atoms with E-state index >= 15 is 0 Å². The second-order valence-corrected chi connectivity index (χ2v) is 5.85. The minimum atomic E-state index is 0.393. The number of hydrogen-bond donors (Lipinski definition) is 2. The van der Waals surface area contributed by atoms with Crippen molar-refractivity contribution >= 4 is 0 Å². The zero-order chi connectivity index (χ0) is 11.3. The maximum absolute atomic E-state index is 5.63. The van der Waals surface area contributed by atoms with Crippen molar-refractivity contribution in [2.75, 3.05) is 13.2 Å². The molecule has 0 amide bonds. The van der Waals surface area contributed by atoms with Crippen LogP contribution < -0.4 is 11.3 Å². The molecule has 0 aromatic rings. The molecular weight excluding hydrogens is 188 g/mol. The number of nitrogens with one attached hydrogen (secondary N) is 1. The molecule has 3 heteroatoms. The molecule has 90 valence electrons. The van der Waals surface area contributed by atoms with Gasteiger partial charge in [0.25, 0.3) is 0 Å². The smallest absolute Gasteiger partial charge is 0.0509 e. The highest BCUT2D eigenvalue weighted by atomic mass is 16.5. The summed E-state index contributed by atoms with van der Waals surface area (Å²) in [6, 6.07) is 0.421. The number of hydrazine groups is 1. The van der Waals surface area contributed by atoms with Gasteiger partial charge in [0.15, 0.2) is 0 Å². The molecule has 15 heavy (non-hydrogen) atoms. The van der Waals surface area contributed by atoms with E-state index < -0.39 is 0 Å². The number of ether oxygens (including phenoxy) is 1. The van der Waals surface area contributed by atoms with Crippen LogP contribution in [0.4, 0.5) is 0 Å². The second kappa shape index (κ2) is 5.83. The molecule has 1 heterocycles. The maximum atomic E-state index is 5.63. The van der Waals surface area contributed by atoms with Crippen molar-refractivity contribution in [1.82, 2.24) is 5.43 Å². The van der Waals surface area contributed by atoms with E-state index in [2.05, 4.69) is 26.2 Å². The first kappa shape index (κ1) is 12.9. The standard InChI is InChI=1S/C12H26N2O/c1-12(2,3)7-6-11(14-13)10-5-4-8-15-9-10/h10-11,14H,4-9,13H2,1-3H3. The maximum Gasteiger partial charge on any atom is 0.0509 e. The first-order valence-corrected chi connectivity index (χ1v) is 6.07. The summed E-state index contributed by atoms with van der Waals surface area (Å²) in [5.41, 5.74) is 3.36. The van der Waals surface area contributed by atoms with Gasteiger partial charge in [0, 0.05) is 12.6 Å². The van der Waals surface area contributed by atoms with Gasteiger partial charge in [-0.2, -0.15) is 0 Å². The Hall–Kier alpha value is -0.120. The largest absolute Gasteiger partial charge is 0.381 e. The Kier molecular flexibility index (Phi) is 5.03. The monoisotopic (exact) mass is 214 g/mol. The lowest BCUT2D eigenvalue weighted by molar-refractivity contribution is 0.0361. The van der Waals surface area contributed by atoms with Gasteiger partial charge < -0.3 is 4.74 Å². The zero-order valence-corrected chi connectivity index (χ0v) is 10.4. The average molecular weight is 214 g/mol. The van der Waals surface area contributed by atoms with Crippen molar-refractivity contribution in [3.8, 4) is 0 Å². The average Bonchev–Trinajstić information content (AvgIpc) is 2.19. The Morgan fingerprint density at radius 1 is 1.47 bits per heavy atom. The third-order valence-corrected chi connectivity index (χ3v) is 3.18. The lowest BCUT2D eigenvalue weighted by Crippen LogP contribution is -2.44. The fraction of sp³-hybridized carbons (Fsp3) is 1.00. The molecule has 1 aliphatic heterocycles. The fourth-order valence-electron chi connectivity index (χ4n) is 2.13. The molecule has 0 radical (unpaired) electrons. The lowest BCUT2D eigenvalue weighted by Gasteiger charge is -2.31. The molecule has 1 saturated heterocycles. The van der Waals surface area contributed by atoms with Crippen LogP contribution in [0.15, 0.2) is 0 Å². The molecule has 0 aromatic heterocycles. The lowest BCUT2D eigenvalue weighted by atomic mass is 9.84. The van der Waals surface area contributed by atoms with Crippen LogP contribution in [0.25, 0.3) is 0 Å². The molecule has 2 unspecified atom stereocenters. The van der Waals surface area contributed by atoms with Crippen LogP contribution in [0.5, 0.6) is 0 Å². The van der Waals surface area contributed by atoms with Gasteiger partial charge in [-0.05, 0) is 37.0 Å². The van der Waals surface area contributed by atoms with Gasteiger partial charge in [0.2, 0.25) is 0 Å². The summed E-state index contributed by atoms with van der Waals surface area (Å²) in [5.74, 6) is 6.23. The van der Waals surface area contributed by atoms with Gasteiger partial charge in [0.05, 0.1) is 6.61 Å². The van der Waals surface area contributed by atoms with Crippen LogP contribution in [-0.4, -0.2) is 19.3 Å². The summed E-state index contributed by atoms with van der Waals surface area (Å²) >= 11 is 0. The normalized spacial score (nSPS) is 25.2. The van der Waals surface area contributed by atoms with Crippen molar-refractivity contribution in [1.29, 1.82) is 0 Å². The molecule has 0 bridgehead atoms. The Morgan fingerprint density at radius 3 is 2.67 bits per heavy atom. The molecule has 3 N–H and O–H groups in total. The number of nitrogens with two attached hydrogens (primary N) is 1. The predicted molar refractivity (Wildman–Crippen MR) is 63.3 cm³/mol. The summed E-state index contributed by atoms with van der Waals surface area (Å²) < 4.78 is 5.50. The van der Waals surface area contributed by atoms with E-state index in [0.29, 0.717) is 17.4 Å². The highest BCUT2D eigenvalue weighted by Gasteiger charge is 2.24. The molecule has 0 spiro atoms. The minimum Gasteiger partial charge on any atom is -0.381 e. The third-order valence-electron chi connectivity index (χ3n) is 3.18. The highest BCUT2D eigenvalue weighted by molar-refractivity contribution is 4.78. The Morgan fingerprint density at radius 2 is 2.20 bits per heavy atom. The molecular formula is C12H26N2O. The molecule has 1 aliphatic rings. The van der Waals surface area contributed by atoms with Crippen LogP contribution in [-0.2, 0) is 4.74 Å². The predicted octanol–water partition coefficient (Wildman–Crippen LogP) is 2.07. The molecule has 1 rings (SSSR count). The van der Waals surface area contributed by atoms with Gasteiger partial charge >= 0.3 is 0 Å². The van der Waals surface area contributed by atoms with Crippen LogP contribution >= 0.6 is 0 Å². The van der Waals surface area contributed by atoms with Gasteiger partial charge in [-0.3, -0.25) is 11.3 Å². The number of rotatable bonds is 4. The van der Waals surface area contributed by atoms with Crippen molar-refractivity contribution in [2.45, 2.75) is 52.5 Å². The van der Waals surface area contributed by atoms with Gasteiger partial charge in [-0.15, -0.1) is 0 Å². The van der Waals surface area contributed by atoms with Crippen LogP contribution in [0, 0.1) is 11.3 Å². The Balaban J connectivity index is 2.34. The molecule has 1 fully saturated rings.